The van der Waals surface area contributed by atoms with Crippen molar-refractivity contribution in [3.8, 4) is 28.9 Å². The SMILES string of the molecule is COC(=O)[C@@H](NC(=O)c1ccc(C)cc1)c1nnc(-c2nc(-c3ccccc3)oc2-n2nc(C)cc2C)o1. The van der Waals surface area contributed by atoms with Crippen molar-refractivity contribution in [1.29, 1.82) is 0 Å². The largest absolute Gasteiger partial charge is 0.467 e. The highest BCUT2D eigenvalue weighted by Gasteiger charge is 2.32. The van der Waals surface area contributed by atoms with E-state index in [1.54, 1.807) is 28.9 Å². The van der Waals surface area contributed by atoms with Crippen molar-refractivity contribution in [1.82, 2.24) is 30.3 Å². The number of aryl methyl sites for hydroxylation is 3. The molecule has 0 aliphatic carbocycles. The summed E-state index contributed by atoms with van der Waals surface area (Å²) in [5.41, 5.74) is 3.90. The summed E-state index contributed by atoms with van der Waals surface area (Å²) in [7, 11) is 1.20. The van der Waals surface area contributed by atoms with Gasteiger partial charge in [0.05, 0.1) is 12.8 Å². The number of rotatable bonds is 7. The lowest BCUT2D eigenvalue weighted by atomic mass is 10.1. The quantitative estimate of drug-likeness (QED) is 0.319. The van der Waals surface area contributed by atoms with E-state index in [9.17, 15) is 9.59 Å². The van der Waals surface area contributed by atoms with Gasteiger partial charge in [-0.1, -0.05) is 35.9 Å². The first-order chi connectivity index (χ1) is 18.3. The highest BCUT2D eigenvalue weighted by molar-refractivity contribution is 5.96. The molecule has 11 nitrogen and oxygen atoms in total. The average Bonchev–Trinajstić information content (AvgIpc) is 3.65. The minimum atomic E-state index is -1.34. The van der Waals surface area contributed by atoms with Crippen LogP contribution in [0.2, 0.25) is 0 Å². The van der Waals surface area contributed by atoms with Crippen molar-refractivity contribution < 1.29 is 23.2 Å². The Morgan fingerprint density at radius 1 is 0.947 bits per heavy atom. The molecule has 0 radical (unpaired) electrons. The molecule has 0 saturated carbocycles. The molecule has 0 spiro atoms. The highest BCUT2D eigenvalue weighted by atomic mass is 16.5. The van der Waals surface area contributed by atoms with Crippen molar-refractivity contribution in [2.75, 3.05) is 7.11 Å². The van der Waals surface area contributed by atoms with Crippen LogP contribution in [0, 0.1) is 20.8 Å². The van der Waals surface area contributed by atoms with Gasteiger partial charge in [-0.15, -0.1) is 10.2 Å². The van der Waals surface area contributed by atoms with Crippen LogP contribution in [0.15, 0.2) is 69.5 Å². The second-order valence-corrected chi connectivity index (χ2v) is 8.62. The van der Waals surface area contributed by atoms with Crippen molar-refractivity contribution in [2.45, 2.75) is 26.8 Å². The standard InChI is InChI=1S/C27H24N6O5/c1-15-10-12-18(13-11-15)22(34)28-21(27(35)36-4)25-31-30-24(37-25)20-26(33-17(3)14-16(2)32-33)38-23(29-20)19-8-6-5-7-9-19/h5-14,21H,1-4H3,(H,28,34)/t21-/m0/s1. The lowest BCUT2D eigenvalue weighted by molar-refractivity contribution is -0.143. The highest BCUT2D eigenvalue weighted by Crippen LogP contribution is 2.32. The van der Waals surface area contributed by atoms with Crippen LogP contribution in [0.3, 0.4) is 0 Å². The summed E-state index contributed by atoms with van der Waals surface area (Å²) in [5.74, 6) is -0.883. The Hall–Kier alpha value is -5.06. The van der Waals surface area contributed by atoms with Crippen LogP contribution in [0.5, 0.6) is 0 Å². The number of oxazole rings is 1. The number of nitrogens with one attached hydrogen (secondary N) is 1. The van der Waals surface area contributed by atoms with Crippen molar-refractivity contribution in [3.05, 3.63) is 89.1 Å². The third-order valence-corrected chi connectivity index (χ3v) is 5.75. The van der Waals surface area contributed by atoms with Crippen LogP contribution in [0.1, 0.15) is 39.2 Å². The summed E-state index contributed by atoms with van der Waals surface area (Å²) in [6, 6.07) is 16.8. The molecule has 1 atom stereocenters. The van der Waals surface area contributed by atoms with E-state index in [0.717, 1.165) is 22.5 Å². The monoisotopic (exact) mass is 512 g/mol. The summed E-state index contributed by atoms with van der Waals surface area (Å²) in [6.45, 7) is 5.65. The number of esters is 1. The van der Waals surface area contributed by atoms with Crippen molar-refractivity contribution in [3.63, 3.8) is 0 Å². The van der Waals surface area contributed by atoms with Gasteiger partial charge in [0.1, 0.15) is 0 Å². The number of hydrogen-bond donors (Lipinski definition) is 1. The second kappa shape index (κ2) is 10.1. The molecule has 38 heavy (non-hydrogen) atoms. The summed E-state index contributed by atoms with van der Waals surface area (Å²) in [4.78, 5) is 30.0. The fraction of sp³-hybridized carbons (Fsp3) is 0.185. The van der Waals surface area contributed by atoms with E-state index in [1.165, 1.54) is 7.11 Å². The molecule has 3 aromatic heterocycles. The number of aromatic nitrogens is 5. The Bertz CT molecular complexity index is 1600. The molecule has 3 heterocycles. The van der Waals surface area contributed by atoms with Gasteiger partial charge in [0.2, 0.25) is 11.9 Å². The maximum atomic E-state index is 12.8. The molecule has 0 aliphatic rings. The molecule has 0 aliphatic heterocycles. The van der Waals surface area contributed by atoms with Crippen LogP contribution < -0.4 is 5.32 Å². The summed E-state index contributed by atoms with van der Waals surface area (Å²) < 4.78 is 18.4. The molecular formula is C27H24N6O5. The zero-order valence-corrected chi connectivity index (χ0v) is 21.1. The fourth-order valence-electron chi connectivity index (χ4n) is 3.84. The molecule has 5 aromatic rings. The molecule has 0 saturated heterocycles. The maximum absolute atomic E-state index is 12.8. The molecule has 2 aromatic carbocycles. The van der Waals surface area contributed by atoms with Gasteiger partial charge in [-0.3, -0.25) is 4.79 Å². The van der Waals surface area contributed by atoms with Crippen LogP contribution in [-0.4, -0.2) is 43.9 Å². The molecule has 11 heteroatoms. The number of carbonyl (C=O) groups excluding carboxylic acids is 2. The van der Waals surface area contributed by atoms with Crippen molar-refractivity contribution in [2.24, 2.45) is 0 Å². The molecule has 1 amide bonds. The normalized spacial score (nSPS) is 11.8. The van der Waals surface area contributed by atoms with Gasteiger partial charge < -0.3 is 18.9 Å². The number of ether oxygens (including phenoxy) is 1. The van der Waals surface area contributed by atoms with E-state index in [-0.39, 0.29) is 23.4 Å². The van der Waals surface area contributed by atoms with E-state index in [4.69, 9.17) is 13.6 Å². The number of benzene rings is 2. The second-order valence-electron chi connectivity index (χ2n) is 8.62. The number of amides is 1. The Morgan fingerprint density at radius 3 is 2.34 bits per heavy atom. The zero-order chi connectivity index (χ0) is 26.8. The first-order valence-corrected chi connectivity index (χ1v) is 11.7. The lowest BCUT2D eigenvalue weighted by Gasteiger charge is -2.13. The van der Waals surface area contributed by atoms with Gasteiger partial charge in [0.25, 0.3) is 23.6 Å². The molecule has 1 N–H and O–H groups in total. The predicted molar refractivity (Wildman–Crippen MR) is 135 cm³/mol. The molecule has 0 fully saturated rings. The minimum Gasteiger partial charge on any atom is -0.467 e. The zero-order valence-electron chi connectivity index (χ0n) is 21.1. The molecule has 192 valence electrons. The Balaban J connectivity index is 1.54. The smallest absolute Gasteiger partial charge is 0.338 e. The van der Waals surface area contributed by atoms with E-state index in [1.807, 2.05) is 57.2 Å². The van der Waals surface area contributed by atoms with E-state index in [0.29, 0.717) is 11.5 Å². The number of methoxy groups -OCH3 is 1. The Labute approximate surface area is 217 Å². The van der Waals surface area contributed by atoms with Gasteiger partial charge in [0, 0.05) is 16.8 Å². The van der Waals surface area contributed by atoms with Gasteiger partial charge in [-0.25, -0.2) is 14.5 Å². The number of carbonyl (C=O) groups is 2. The lowest BCUT2D eigenvalue weighted by Crippen LogP contribution is -2.34. The number of hydrogen-bond acceptors (Lipinski definition) is 9. The average molecular weight is 513 g/mol. The maximum Gasteiger partial charge on any atom is 0.338 e. The molecular weight excluding hydrogens is 488 g/mol. The van der Waals surface area contributed by atoms with E-state index >= 15 is 0 Å². The molecule has 5 rings (SSSR count). The first-order valence-electron chi connectivity index (χ1n) is 11.7. The molecule has 0 unspecified atom stereocenters. The van der Waals surface area contributed by atoms with Crippen LogP contribution >= 0.6 is 0 Å². The van der Waals surface area contributed by atoms with Crippen LogP contribution in [-0.2, 0) is 9.53 Å². The van der Waals surface area contributed by atoms with Crippen molar-refractivity contribution >= 4 is 11.9 Å². The number of nitrogens with zero attached hydrogens (tertiary/aromatic N) is 5. The van der Waals surface area contributed by atoms with Gasteiger partial charge in [-0.2, -0.15) is 5.10 Å². The fourth-order valence-corrected chi connectivity index (χ4v) is 3.84. The first kappa shape index (κ1) is 24.6. The van der Waals surface area contributed by atoms with Gasteiger partial charge >= 0.3 is 5.97 Å². The summed E-state index contributed by atoms with van der Waals surface area (Å²) in [5, 5.41) is 15.2. The van der Waals surface area contributed by atoms with E-state index < -0.39 is 17.9 Å². The Morgan fingerprint density at radius 2 is 1.68 bits per heavy atom. The Kier molecular flexibility index (Phi) is 6.56. The molecule has 0 bridgehead atoms. The summed E-state index contributed by atoms with van der Waals surface area (Å²) >= 11 is 0. The minimum absolute atomic E-state index is 0.0213. The summed E-state index contributed by atoms with van der Waals surface area (Å²) in [6.07, 6.45) is 0. The third kappa shape index (κ3) is 4.81. The predicted octanol–water partition coefficient (Wildman–Crippen LogP) is 4.15. The topological polar surface area (TPSA) is 138 Å². The van der Waals surface area contributed by atoms with Gasteiger partial charge in [-0.05, 0) is 51.1 Å². The van der Waals surface area contributed by atoms with Crippen LogP contribution in [0.4, 0.5) is 0 Å². The van der Waals surface area contributed by atoms with Gasteiger partial charge in [0.15, 0.2) is 5.69 Å². The third-order valence-electron chi connectivity index (χ3n) is 5.75. The van der Waals surface area contributed by atoms with E-state index in [2.05, 4.69) is 25.6 Å². The van der Waals surface area contributed by atoms with Crippen LogP contribution in [0.25, 0.3) is 28.9 Å².